The van der Waals surface area contributed by atoms with E-state index in [4.69, 9.17) is 9.47 Å². The van der Waals surface area contributed by atoms with E-state index in [-0.39, 0.29) is 11.8 Å². The Bertz CT molecular complexity index is 704. The van der Waals surface area contributed by atoms with Gasteiger partial charge in [-0.1, -0.05) is 13.8 Å². The highest BCUT2D eigenvalue weighted by molar-refractivity contribution is 7.16. The highest BCUT2D eigenvalue weighted by Crippen LogP contribution is 2.33. The Morgan fingerprint density at radius 3 is 2.30 bits per heavy atom. The summed E-state index contributed by atoms with van der Waals surface area (Å²) in [5.74, 6) is 0.193. The zero-order valence-corrected chi connectivity index (χ0v) is 14.3. The van der Waals surface area contributed by atoms with Gasteiger partial charge in [-0.2, -0.15) is 0 Å². The summed E-state index contributed by atoms with van der Waals surface area (Å²) in [5.41, 5.74) is 0.865. The van der Waals surface area contributed by atoms with Crippen LogP contribution < -0.4 is 10.1 Å². The highest BCUT2D eigenvalue weighted by atomic mass is 32.1. The monoisotopic (exact) mass is 333 g/mol. The van der Waals surface area contributed by atoms with Crippen LogP contribution in [0.25, 0.3) is 0 Å². The van der Waals surface area contributed by atoms with Crippen LogP contribution >= 0.6 is 11.3 Å². The minimum Gasteiger partial charge on any atom is -0.497 e. The van der Waals surface area contributed by atoms with Gasteiger partial charge in [0.1, 0.15) is 10.8 Å². The van der Waals surface area contributed by atoms with E-state index in [1.807, 2.05) is 13.8 Å². The van der Waals surface area contributed by atoms with Gasteiger partial charge in [0.25, 0.3) is 5.91 Å². The van der Waals surface area contributed by atoms with E-state index in [0.29, 0.717) is 21.9 Å². The first-order chi connectivity index (χ1) is 11.0. The third kappa shape index (κ3) is 3.90. The van der Waals surface area contributed by atoms with Crippen LogP contribution in [0.1, 0.15) is 45.4 Å². The number of methoxy groups -OCH3 is 2. The SMILES string of the molecule is COC(=O)c1cc(C(C)C)sc1NC(=O)c1ccc(OC)cc1. The molecule has 1 heterocycles. The molecule has 0 atom stereocenters. The molecule has 1 aromatic heterocycles. The predicted octanol–water partition coefficient (Wildman–Crippen LogP) is 3.92. The van der Waals surface area contributed by atoms with Crippen molar-refractivity contribution in [3.05, 3.63) is 46.3 Å². The van der Waals surface area contributed by atoms with Crippen LogP contribution in [0.15, 0.2) is 30.3 Å². The molecule has 0 aliphatic rings. The Morgan fingerprint density at radius 1 is 1.13 bits per heavy atom. The lowest BCUT2D eigenvalue weighted by Crippen LogP contribution is -2.13. The number of amides is 1. The fourth-order valence-electron chi connectivity index (χ4n) is 1.97. The molecule has 1 N–H and O–H groups in total. The number of ether oxygens (including phenoxy) is 2. The van der Waals surface area contributed by atoms with Crippen molar-refractivity contribution in [2.45, 2.75) is 19.8 Å². The van der Waals surface area contributed by atoms with E-state index in [0.717, 1.165) is 4.88 Å². The topological polar surface area (TPSA) is 64.6 Å². The van der Waals surface area contributed by atoms with Gasteiger partial charge in [-0.25, -0.2) is 4.79 Å². The Morgan fingerprint density at radius 2 is 1.78 bits per heavy atom. The maximum atomic E-state index is 12.4. The molecule has 2 rings (SSSR count). The van der Waals surface area contributed by atoms with Crippen LogP contribution in [0, 0.1) is 0 Å². The van der Waals surface area contributed by atoms with Crippen LogP contribution in [0.4, 0.5) is 5.00 Å². The number of carbonyl (C=O) groups excluding carboxylic acids is 2. The number of carbonyl (C=O) groups is 2. The number of esters is 1. The molecule has 0 saturated heterocycles. The Kier molecular flexibility index (Phi) is 5.39. The number of benzene rings is 1. The summed E-state index contributed by atoms with van der Waals surface area (Å²) in [6, 6.07) is 8.53. The zero-order chi connectivity index (χ0) is 17.0. The van der Waals surface area contributed by atoms with E-state index >= 15 is 0 Å². The van der Waals surface area contributed by atoms with E-state index < -0.39 is 5.97 Å². The van der Waals surface area contributed by atoms with Crippen LogP contribution in [0.5, 0.6) is 5.75 Å². The lowest BCUT2D eigenvalue weighted by Gasteiger charge is -2.06. The second-order valence-electron chi connectivity index (χ2n) is 5.22. The van der Waals surface area contributed by atoms with Gasteiger partial charge >= 0.3 is 5.97 Å². The number of nitrogens with one attached hydrogen (secondary N) is 1. The molecule has 0 aliphatic heterocycles. The van der Waals surface area contributed by atoms with Gasteiger partial charge in [-0.3, -0.25) is 4.79 Å². The van der Waals surface area contributed by atoms with Crippen LogP contribution in [0.2, 0.25) is 0 Å². The summed E-state index contributed by atoms with van der Waals surface area (Å²) in [6.07, 6.45) is 0. The summed E-state index contributed by atoms with van der Waals surface area (Å²) in [7, 11) is 2.89. The van der Waals surface area contributed by atoms with Crippen molar-refractivity contribution in [3.8, 4) is 5.75 Å². The molecule has 1 amide bonds. The molecule has 0 spiro atoms. The van der Waals surface area contributed by atoms with Gasteiger partial charge in [-0.05, 0) is 36.2 Å². The van der Waals surface area contributed by atoms with Crippen molar-refractivity contribution in [3.63, 3.8) is 0 Å². The quantitative estimate of drug-likeness (QED) is 0.842. The maximum Gasteiger partial charge on any atom is 0.340 e. The Hall–Kier alpha value is -2.34. The lowest BCUT2D eigenvalue weighted by molar-refractivity contribution is 0.0602. The van der Waals surface area contributed by atoms with Gasteiger partial charge in [0.2, 0.25) is 0 Å². The fraction of sp³-hybridized carbons (Fsp3) is 0.294. The second kappa shape index (κ2) is 7.28. The number of thiophene rings is 1. The number of hydrogen-bond donors (Lipinski definition) is 1. The van der Waals surface area contributed by atoms with Crippen molar-refractivity contribution < 1.29 is 19.1 Å². The molecule has 122 valence electrons. The molecule has 1 aromatic carbocycles. The number of rotatable bonds is 5. The van der Waals surface area contributed by atoms with E-state index in [1.54, 1.807) is 37.4 Å². The average molecular weight is 333 g/mol. The second-order valence-corrected chi connectivity index (χ2v) is 6.30. The number of hydrogen-bond acceptors (Lipinski definition) is 5. The summed E-state index contributed by atoms with van der Waals surface area (Å²) >= 11 is 1.38. The van der Waals surface area contributed by atoms with E-state index in [9.17, 15) is 9.59 Å². The maximum absolute atomic E-state index is 12.4. The van der Waals surface area contributed by atoms with Crippen LogP contribution in [0.3, 0.4) is 0 Å². The van der Waals surface area contributed by atoms with E-state index in [2.05, 4.69) is 5.32 Å². The summed E-state index contributed by atoms with van der Waals surface area (Å²) in [6.45, 7) is 4.06. The molecular formula is C17H19NO4S. The van der Waals surface area contributed by atoms with Crippen LogP contribution in [-0.2, 0) is 4.74 Å². The molecule has 2 aromatic rings. The highest BCUT2D eigenvalue weighted by Gasteiger charge is 2.20. The van der Waals surface area contributed by atoms with Gasteiger partial charge in [0.15, 0.2) is 0 Å². The first-order valence-corrected chi connectivity index (χ1v) is 7.95. The third-order valence-corrected chi connectivity index (χ3v) is 4.66. The lowest BCUT2D eigenvalue weighted by atomic mass is 10.1. The third-order valence-electron chi connectivity index (χ3n) is 3.30. The van der Waals surface area contributed by atoms with Crippen LogP contribution in [-0.4, -0.2) is 26.1 Å². The molecule has 0 unspecified atom stereocenters. The van der Waals surface area contributed by atoms with Gasteiger partial charge in [-0.15, -0.1) is 11.3 Å². The normalized spacial score (nSPS) is 10.5. The van der Waals surface area contributed by atoms with Crippen molar-refractivity contribution in [2.75, 3.05) is 19.5 Å². The van der Waals surface area contributed by atoms with Gasteiger partial charge in [0.05, 0.1) is 19.8 Å². The summed E-state index contributed by atoms with van der Waals surface area (Å²) < 4.78 is 9.86. The van der Waals surface area contributed by atoms with Crippen molar-refractivity contribution >= 4 is 28.2 Å². The van der Waals surface area contributed by atoms with Crippen molar-refractivity contribution in [1.82, 2.24) is 0 Å². The number of anilines is 1. The molecule has 0 fully saturated rings. The van der Waals surface area contributed by atoms with Crippen molar-refractivity contribution in [2.24, 2.45) is 0 Å². The fourth-order valence-corrected chi connectivity index (χ4v) is 3.01. The van der Waals surface area contributed by atoms with Gasteiger partial charge in [0, 0.05) is 10.4 Å². The molecule has 23 heavy (non-hydrogen) atoms. The van der Waals surface area contributed by atoms with Crippen molar-refractivity contribution in [1.29, 1.82) is 0 Å². The molecule has 0 saturated carbocycles. The molecule has 5 nitrogen and oxygen atoms in total. The molecular weight excluding hydrogens is 314 g/mol. The largest absolute Gasteiger partial charge is 0.497 e. The smallest absolute Gasteiger partial charge is 0.340 e. The standard InChI is InChI=1S/C17H19NO4S/c1-10(2)14-9-13(17(20)22-4)16(23-14)18-15(19)11-5-7-12(21-3)8-6-11/h5-10H,1-4H3,(H,18,19). The molecule has 0 bridgehead atoms. The molecule has 0 radical (unpaired) electrons. The van der Waals surface area contributed by atoms with Gasteiger partial charge < -0.3 is 14.8 Å². The molecule has 0 aliphatic carbocycles. The minimum absolute atomic E-state index is 0.259. The first-order valence-electron chi connectivity index (χ1n) is 7.13. The summed E-state index contributed by atoms with van der Waals surface area (Å²) in [4.78, 5) is 25.3. The summed E-state index contributed by atoms with van der Waals surface area (Å²) in [5, 5.41) is 3.29. The first kappa shape index (κ1) is 17.0. The predicted molar refractivity (Wildman–Crippen MR) is 90.7 cm³/mol. The molecule has 6 heteroatoms. The minimum atomic E-state index is -0.460. The Labute approximate surface area is 139 Å². The Balaban J connectivity index is 2.26. The zero-order valence-electron chi connectivity index (χ0n) is 13.5. The average Bonchev–Trinajstić information content (AvgIpc) is 2.98. The van der Waals surface area contributed by atoms with E-state index in [1.165, 1.54) is 18.4 Å².